The fourth-order valence-electron chi connectivity index (χ4n) is 0. The minimum Gasteiger partial charge on any atom is 0 e. The summed E-state index contributed by atoms with van der Waals surface area (Å²) in [6, 6.07) is 0. The Hall–Kier alpha value is 0.769. The van der Waals surface area contributed by atoms with Gasteiger partial charge in [-0.05, 0) is 0 Å². The summed E-state index contributed by atoms with van der Waals surface area (Å²) in [4.78, 5) is 9.00. The van der Waals surface area contributed by atoms with Crippen molar-refractivity contribution in [1.82, 2.24) is 0 Å². The first kappa shape index (κ1) is 9.24. The monoisotopic (exact) mass is 318 g/mol. The van der Waals surface area contributed by atoms with E-state index in [2.05, 4.69) is 0 Å². The van der Waals surface area contributed by atoms with Gasteiger partial charge in [-0.25, -0.2) is 0 Å². The van der Waals surface area contributed by atoms with Gasteiger partial charge >= 0.3 is 31.5 Å². The van der Waals surface area contributed by atoms with Crippen LogP contribution in [0.4, 0.5) is 4.79 Å². The summed E-state index contributed by atoms with van der Waals surface area (Å²) >= 11 is 1.08. The van der Waals surface area contributed by atoms with Crippen molar-refractivity contribution >= 4 is 21.6 Å². The molecule has 0 aromatic rings. The molecule has 0 bridgehead atoms. The van der Waals surface area contributed by atoms with Crippen molar-refractivity contribution in [3.63, 3.8) is 0 Å². The molecule has 0 aromatic heterocycles. The molecule has 4 heteroatoms. The van der Waals surface area contributed by atoms with E-state index in [4.69, 9.17) is 9.90 Å². The van der Waals surface area contributed by atoms with Gasteiger partial charge in [-0.3, -0.25) is 0 Å². The van der Waals surface area contributed by atoms with Crippen LogP contribution in [0, 0.1) is 0 Å². The first-order valence-electron chi connectivity index (χ1n) is 0.678. The van der Waals surface area contributed by atoms with Crippen LogP contribution in [0.5, 0.6) is 0 Å². The number of carbonyl (C=O) groups is 1. The molecule has 5 heavy (non-hydrogen) atoms. The minimum absolute atomic E-state index is 0. The summed E-state index contributed by atoms with van der Waals surface area (Å²) in [5.41, 5.74) is 0. The summed E-state index contributed by atoms with van der Waals surface area (Å²) < 4.78 is -0.833. The van der Waals surface area contributed by atoms with E-state index in [1.165, 1.54) is 0 Å². The number of hydrogen-bond acceptors (Lipinski definition) is 1. The Kier molecular flexibility index (Phi) is 8.81. The zero-order chi connectivity index (χ0) is 3.58. The molecular weight excluding hydrogens is 316 g/mol. The number of carboxylic acid groups (broad SMARTS) is 1. The Morgan fingerprint density at radius 1 is 1.80 bits per heavy atom. The molecule has 0 unspecified atom stereocenters. The van der Waals surface area contributed by atoms with E-state index in [9.17, 15) is 0 Å². The van der Waals surface area contributed by atoms with Gasteiger partial charge in [-0.2, -0.15) is 0 Å². The average Bonchev–Trinajstić information content (AvgIpc) is 0.811. The largest absolute Gasteiger partial charge is 0 e. The van der Waals surface area contributed by atoms with E-state index in [-0.39, 0.29) is 22.4 Å². The van der Waals surface area contributed by atoms with Crippen molar-refractivity contribution in [1.29, 1.82) is 0 Å². The Morgan fingerprint density at radius 2 is 1.80 bits per heavy atom. The van der Waals surface area contributed by atoms with Gasteiger partial charge in [0, 0.05) is 22.4 Å². The van der Waals surface area contributed by atoms with E-state index < -0.39 is 4.76 Å². The maximum atomic E-state index is 9.00. The smallest absolute Gasteiger partial charge is 0 e. The van der Waals surface area contributed by atoms with Crippen molar-refractivity contribution in [3.8, 4) is 0 Å². The minimum atomic E-state index is -0.833. The van der Waals surface area contributed by atoms with Crippen LogP contribution in [0.25, 0.3) is 0 Å². The second-order valence-corrected chi connectivity index (χ2v) is 1.20. The average molecular weight is 318 g/mol. The topological polar surface area (TPSA) is 37.3 Å². The van der Waals surface area contributed by atoms with Crippen LogP contribution in [0.1, 0.15) is 0 Å². The second-order valence-electron chi connectivity index (χ2n) is 0.305. The quantitative estimate of drug-likeness (QED) is 0.615. The van der Waals surface area contributed by atoms with Crippen LogP contribution in [0.15, 0.2) is 0 Å². The van der Waals surface area contributed by atoms with Crippen LogP contribution < -0.4 is 0 Å². The predicted molar refractivity (Wildman–Crippen MR) is 15.2 cm³/mol. The zero-order valence-electron chi connectivity index (χ0n) is 2.16. The SMILES string of the molecule is O=C(O)[AsH].[Au]. The van der Waals surface area contributed by atoms with E-state index in [0.717, 1.165) is 16.9 Å². The van der Waals surface area contributed by atoms with Gasteiger partial charge in [0.15, 0.2) is 0 Å². The van der Waals surface area contributed by atoms with Crippen LogP contribution >= 0.6 is 0 Å². The third-order valence-electron chi connectivity index (χ3n) is 0. The fraction of sp³-hybridized carbons (Fsp3) is 0. The van der Waals surface area contributed by atoms with Crippen LogP contribution in [0.3, 0.4) is 0 Å². The molecule has 1 N–H and O–H groups in total. The van der Waals surface area contributed by atoms with Gasteiger partial charge in [-0.15, -0.1) is 0 Å². The van der Waals surface area contributed by atoms with E-state index >= 15 is 0 Å². The van der Waals surface area contributed by atoms with E-state index in [0.29, 0.717) is 0 Å². The molecule has 0 fully saturated rings. The summed E-state index contributed by atoms with van der Waals surface area (Å²) in [7, 11) is 0. The van der Waals surface area contributed by atoms with Crippen molar-refractivity contribution in [3.05, 3.63) is 0 Å². The number of hydrogen-bond donors (Lipinski definition) is 1. The molecule has 0 aromatic carbocycles. The van der Waals surface area contributed by atoms with Gasteiger partial charge in [0.05, 0.1) is 0 Å². The van der Waals surface area contributed by atoms with Crippen molar-refractivity contribution in [2.24, 2.45) is 0 Å². The molecule has 0 heterocycles. The summed E-state index contributed by atoms with van der Waals surface area (Å²) in [6.45, 7) is 0. The van der Waals surface area contributed by atoms with Crippen molar-refractivity contribution in [2.45, 2.75) is 0 Å². The summed E-state index contributed by atoms with van der Waals surface area (Å²) in [5, 5.41) is 7.42. The molecule has 0 aliphatic rings. The molecule has 0 saturated carbocycles. The molecule has 2 nitrogen and oxygen atoms in total. The molecule has 2 radical (unpaired) electrons. The molecule has 0 amide bonds. The molecule has 0 spiro atoms. The zero-order valence-corrected chi connectivity index (χ0v) is 6.42. The Labute approximate surface area is 53.9 Å². The molecular formula is CH2AsAuO2. The Balaban J connectivity index is 0. The third-order valence-corrected chi connectivity index (χ3v) is 0. The van der Waals surface area contributed by atoms with E-state index in [1.807, 2.05) is 0 Å². The summed E-state index contributed by atoms with van der Waals surface area (Å²) in [6.07, 6.45) is 0. The maximum Gasteiger partial charge on any atom is 0 e. The normalized spacial score (nSPS) is 5.00. The van der Waals surface area contributed by atoms with Gasteiger partial charge in [0.1, 0.15) is 0 Å². The molecule has 0 rings (SSSR count). The van der Waals surface area contributed by atoms with Crippen LogP contribution in [0.2, 0.25) is 0 Å². The fourth-order valence-corrected chi connectivity index (χ4v) is 0. The van der Waals surface area contributed by atoms with Crippen LogP contribution in [-0.4, -0.2) is 26.7 Å². The Morgan fingerprint density at radius 3 is 1.80 bits per heavy atom. The van der Waals surface area contributed by atoms with Crippen molar-refractivity contribution < 1.29 is 32.3 Å². The van der Waals surface area contributed by atoms with Crippen molar-refractivity contribution in [2.75, 3.05) is 0 Å². The molecule has 0 aliphatic carbocycles. The number of rotatable bonds is 0. The van der Waals surface area contributed by atoms with Gasteiger partial charge in [0.25, 0.3) is 0 Å². The summed E-state index contributed by atoms with van der Waals surface area (Å²) in [5.74, 6) is 0. The van der Waals surface area contributed by atoms with Gasteiger partial charge < -0.3 is 0 Å². The first-order chi connectivity index (χ1) is 1.73. The Bertz CT molecular complexity index is 32.6. The maximum absolute atomic E-state index is 9.00. The predicted octanol–water partition coefficient (Wildman–Crippen LogP) is -0.437. The standard InChI is InChI=1S/CH2AsO2.Au/c2-1(3)4;/h2H,(H,3,4);. The van der Waals surface area contributed by atoms with E-state index in [1.54, 1.807) is 0 Å². The molecule has 0 saturated heterocycles. The third kappa shape index (κ3) is 61.9. The van der Waals surface area contributed by atoms with Crippen LogP contribution in [-0.2, 0) is 22.4 Å². The van der Waals surface area contributed by atoms with Gasteiger partial charge in [-0.1, -0.05) is 0 Å². The second kappa shape index (κ2) is 4.77. The molecule has 0 aliphatic heterocycles. The molecule has 0 atom stereocenters. The molecule has 34 valence electrons. The van der Waals surface area contributed by atoms with Gasteiger partial charge in [0.2, 0.25) is 0 Å². The first-order valence-corrected chi connectivity index (χ1v) is 1.73.